The van der Waals surface area contributed by atoms with E-state index in [0.29, 0.717) is 17.8 Å². The number of carbonyl (C=O) groups is 1. The highest BCUT2D eigenvalue weighted by molar-refractivity contribution is 5.96. The van der Waals surface area contributed by atoms with Crippen molar-refractivity contribution in [1.29, 1.82) is 0 Å². The van der Waals surface area contributed by atoms with Gasteiger partial charge in [-0.25, -0.2) is 4.98 Å². The maximum Gasteiger partial charge on any atom is 0.251 e. The first-order valence-corrected chi connectivity index (χ1v) is 5.93. The maximum atomic E-state index is 11.6. The molecule has 0 atom stereocenters. The molecular weight excluding hydrogens is 242 g/mol. The summed E-state index contributed by atoms with van der Waals surface area (Å²) in [6, 6.07) is 5.14. The number of benzene rings is 1. The van der Waals surface area contributed by atoms with Crippen molar-refractivity contribution in [3.8, 4) is 0 Å². The Bertz CT molecular complexity index is 590. The Morgan fingerprint density at radius 2 is 2.26 bits per heavy atom. The molecule has 1 aromatic heterocycles. The average molecular weight is 259 g/mol. The van der Waals surface area contributed by atoms with Gasteiger partial charge in [-0.05, 0) is 18.2 Å². The van der Waals surface area contributed by atoms with Crippen LogP contribution in [-0.2, 0) is 13.6 Å². The van der Waals surface area contributed by atoms with Crippen LogP contribution in [0.3, 0.4) is 0 Å². The fourth-order valence-corrected chi connectivity index (χ4v) is 1.74. The van der Waals surface area contributed by atoms with E-state index in [1.807, 2.05) is 17.8 Å². The number of hydrogen-bond acceptors (Lipinski definition) is 4. The zero-order valence-corrected chi connectivity index (χ0v) is 11.0. The standard InChI is InChI=1S/C13H17N5O/c1-15-13(19)9-3-4-10(14)11(7-9)17-8-12-16-5-6-18(12)2/h3-7,17H,8,14H2,1-2H3,(H,15,19). The average Bonchev–Trinajstić information content (AvgIpc) is 2.82. The zero-order valence-electron chi connectivity index (χ0n) is 11.0. The monoisotopic (exact) mass is 259 g/mol. The summed E-state index contributed by atoms with van der Waals surface area (Å²) in [5.74, 6) is 0.754. The van der Waals surface area contributed by atoms with E-state index >= 15 is 0 Å². The molecule has 4 N–H and O–H groups in total. The SMILES string of the molecule is CNC(=O)c1ccc(N)c(NCc2nccn2C)c1. The smallest absolute Gasteiger partial charge is 0.251 e. The van der Waals surface area contributed by atoms with E-state index in [2.05, 4.69) is 15.6 Å². The molecule has 2 rings (SSSR count). The van der Waals surface area contributed by atoms with Gasteiger partial charge in [-0.3, -0.25) is 4.79 Å². The molecule has 1 aromatic carbocycles. The Labute approximate surface area is 111 Å². The first kappa shape index (κ1) is 12.9. The van der Waals surface area contributed by atoms with Gasteiger partial charge in [0.2, 0.25) is 0 Å². The van der Waals surface area contributed by atoms with Crippen LogP contribution in [0.25, 0.3) is 0 Å². The van der Waals surface area contributed by atoms with Crippen molar-refractivity contribution in [3.63, 3.8) is 0 Å². The van der Waals surface area contributed by atoms with Crippen molar-refractivity contribution < 1.29 is 4.79 Å². The number of amides is 1. The molecule has 2 aromatic rings. The Kier molecular flexibility index (Phi) is 3.70. The van der Waals surface area contributed by atoms with Crippen molar-refractivity contribution in [2.75, 3.05) is 18.1 Å². The van der Waals surface area contributed by atoms with Crippen LogP contribution in [0.15, 0.2) is 30.6 Å². The lowest BCUT2D eigenvalue weighted by molar-refractivity contribution is 0.0963. The first-order chi connectivity index (χ1) is 9.11. The number of nitrogen functional groups attached to an aromatic ring is 1. The molecule has 6 heteroatoms. The summed E-state index contributed by atoms with van der Waals surface area (Å²) in [6.07, 6.45) is 3.61. The van der Waals surface area contributed by atoms with Gasteiger partial charge in [-0.2, -0.15) is 0 Å². The largest absolute Gasteiger partial charge is 0.397 e. The second kappa shape index (κ2) is 5.43. The van der Waals surface area contributed by atoms with Gasteiger partial charge in [0.1, 0.15) is 5.82 Å². The lowest BCUT2D eigenvalue weighted by atomic mass is 10.1. The van der Waals surface area contributed by atoms with Crippen molar-refractivity contribution in [3.05, 3.63) is 42.0 Å². The number of imidazole rings is 1. The van der Waals surface area contributed by atoms with Gasteiger partial charge in [-0.15, -0.1) is 0 Å². The second-order valence-electron chi connectivity index (χ2n) is 4.19. The number of anilines is 2. The van der Waals surface area contributed by atoms with Crippen LogP contribution in [0.4, 0.5) is 11.4 Å². The van der Waals surface area contributed by atoms with Crippen molar-refractivity contribution in [1.82, 2.24) is 14.9 Å². The van der Waals surface area contributed by atoms with Crippen LogP contribution in [0.5, 0.6) is 0 Å². The van der Waals surface area contributed by atoms with Gasteiger partial charge in [0.05, 0.1) is 17.9 Å². The third kappa shape index (κ3) is 2.85. The van der Waals surface area contributed by atoms with Gasteiger partial charge < -0.3 is 20.9 Å². The summed E-state index contributed by atoms with van der Waals surface area (Å²) in [5.41, 5.74) is 7.78. The van der Waals surface area contributed by atoms with Gasteiger partial charge in [0.15, 0.2) is 0 Å². The molecule has 0 spiro atoms. The molecule has 0 aliphatic rings. The summed E-state index contributed by atoms with van der Waals surface area (Å²) >= 11 is 0. The number of nitrogens with one attached hydrogen (secondary N) is 2. The Balaban J connectivity index is 2.15. The van der Waals surface area contributed by atoms with E-state index in [-0.39, 0.29) is 5.91 Å². The number of rotatable bonds is 4. The van der Waals surface area contributed by atoms with Gasteiger partial charge >= 0.3 is 0 Å². The fourth-order valence-electron chi connectivity index (χ4n) is 1.74. The number of aryl methyl sites for hydroxylation is 1. The molecule has 0 radical (unpaired) electrons. The van der Waals surface area contributed by atoms with Crippen molar-refractivity contribution in [2.45, 2.75) is 6.54 Å². The Morgan fingerprint density at radius 3 is 2.89 bits per heavy atom. The Hall–Kier alpha value is -2.50. The van der Waals surface area contributed by atoms with Crippen LogP contribution >= 0.6 is 0 Å². The topological polar surface area (TPSA) is 85.0 Å². The highest BCUT2D eigenvalue weighted by atomic mass is 16.1. The summed E-state index contributed by atoms with van der Waals surface area (Å²) < 4.78 is 1.92. The fraction of sp³-hybridized carbons (Fsp3) is 0.231. The molecule has 0 bridgehead atoms. The molecule has 100 valence electrons. The molecular formula is C13H17N5O. The lowest BCUT2D eigenvalue weighted by Gasteiger charge is -2.11. The Morgan fingerprint density at radius 1 is 1.47 bits per heavy atom. The molecule has 0 saturated carbocycles. The maximum absolute atomic E-state index is 11.6. The van der Waals surface area contributed by atoms with E-state index < -0.39 is 0 Å². The van der Waals surface area contributed by atoms with Crippen LogP contribution in [-0.4, -0.2) is 22.5 Å². The summed E-state index contributed by atoms with van der Waals surface area (Å²) in [5, 5.41) is 5.77. The van der Waals surface area contributed by atoms with Gasteiger partial charge in [0.25, 0.3) is 5.91 Å². The minimum Gasteiger partial charge on any atom is -0.397 e. The molecule has 0 fully saturated rings. The molecule has 0 unspecified atom stereocenters. The molecule has 0 saturated heterocycles. The van der Waals surface area contributed by atoms with E-state index in [9.17, 15) is 4.79 Å². The lowest BCUT2D eigenvalue weighted by Crippen LogP contribution is -2.18. The van der Waals surface area contributed by atoms with E-state index in [1.54, 1.807) is 31.4 Å². The minimum absolute atomic E-state index is 0.139. The molecule has 1 amide bonds. The third-order valence-corrected chi connectivity index (χ3v) is 2.90. The molecule has 0 aliphatic carbocycles. The number of nitrogens with two attached hydrogens (primary N) is 1. The normalized spacial score (nSPS) is 10.2. The first-order valence-electron chi connectivity index (χ1n) is 5.93. The number of hydrogen-bond donors (Lipinski definition) is 3. The zero-order chi connectivity index (χ0) is 13.8. The number of carbonyl (C=O) groups excluding carboxylic acids is 1. The van der Waals surface area contributed by atoms with Crippen molar-refractivity contribution in [2.24, 2.45) is 7.05 Å². The van der Waals surface area contributed by atoms with Crippen LogP contribution in [0, 0.1) is 0 Å². The second-order valence-corrected chi connectivity index (χ2v) is 4.19. The van der Waals surface area contributed by atoms with E-state index in [0.717, 1.165) is 11.5 Å². The quantitative estimate of drug-likeness (QED) is 0.714. The molecule has 0 aliphatic heterocycles. The molecule has 1 heterocycles. The van der Waals surface area contributed by atoms with Gasteiger partial charge in [-0.1, -0.05) is 0 Å². The summed E-state index contributed by atoms with van der Waals surface area (Å²) in [4.78, 5) is 15.8. The molecule has 6 nitrogen and oxygen atoms in total. The van der Waals surface area contributed by atoms with Crippen LogP contribution < -0.4 is 16.4 Å². The highest BCUT2D eigenvalue weighted by Crippen LogP contribution is 2.20. The van der Waals surface area contributed by atoms with Gasteiger partial charge in [0, 0.05) is 32.1 Å². The summed E-state index contributed by atoms with van der Waals surface area (Å²) in [7, 11) is 3.52. The number of aromatic nitrogens is 2. The molecule has 19 heavy (non-hydrogen) atoms. The predicted octanol–water partition coefficient (Wildman–Crippen LogP) is 0.974. The van der Waals surface area contributed by atoms with Crippen LogP contribution in [0.1, 0.15) is 16.2 Å². The van der Waals surface area contributed by atoms with Crippen LogP contribution in [0.2, 0.25) is 0 Å². The van der Waals surface area contributed by atoms with Crippen molar-refractivity contribution >= 4 is 17.3 Å². The highest BCUT2D eigenvalue weighted by Gasteiger charge is 2.07. The predicted molar refractivity (Wildman–Crippen MR) is 74.8 cm³/mol. The third-order valence-electron chi connectivity index (χ3n) is 2.90. The minimum atomic E-state index is -0.139. The van der Waals surface area contributed by atoms with E-state index in [1.165, 1.54) is 0 Å². The summed E-state index contributed by atoms with van der Waals surface area (Å²) in [6.45, 7) is 0.547. The number of nitrogens with zero attached hydrogens (tertiary/aromatic N) is 2. The van der Waals surface area contributed by atoms with E-state index in [4.69, 9.17) is 5.73 Å².